The van der Waals surface area contributed by atoms with Crippen LogP contribution in [0.2, 0.25) is 0 Å². The van der Waals surface area contributed by atoms with E-state index in [1.807, 2.05) is 18.2 Å². The average Bonchev–Trinajstić information content (AvgIpc) is 2.15. The van der Waals surface area contributed by atoms with Crippen molar-refractivity contribution in [2.45, 2.75) is 25.4 Å². The van der Waals surface area contributed by atoms with Crippen LogP contribution in [0.5, 0.6) is 0 Å². The minimum Gasteiger partial charge on any atom is -0.267 e. The summed E-state index contributed by atoms with van der Waals surface area (Å²) in [5, 5.41) is 0. The molecule has 0 saturated heterocycles. The van der Waals surface area contributed by atoms with Crippen LogP contribution in [0.25, 0.3) is 0 Å². The van der Waals surface area contributed by atoms with Crippen molar-refractivity contribution in [3.63, 3.8) is 0 Å². The van der Waals surface area contributed by atoms with Crippen LogP contribution in [0, 0.1) is 0 Å². The van der Waals surface area contributed by atoms with Crippen LogP contribution in [-0.4, -0.2) is 20.8 Å². The van der Waals surface area contributed by atoms with Crippen molar-refractivity contribution >= 4 is 10.1 Å². The molecule has 2 rings (SSSR count). The number of hydrogen-bond acceptors (Lipinski definition) is 3. The van der Waals surface area contributed by atoms with Gasteiger partial charge in [0, 0.05) is 6.42 Å². The van der Waals surface area contributed by atoms with Gasteiger partial charge >= 0.3 is 0 Å². The summed E-state index contributed by atoms with van der Waals surface area (Å²) in [4.78, 5) is 0. The molecule has 0 radical (unpaired) electrons. The van der Waals surface area contributed by atoms with Gasteiger partial charge in [0.1, 0.15) is 0 Å². The Hall–Kier alpha value is -0.870. The van der Waals surface area contributed by atoms with Crippen LogP contribution in [0.1, 0.15) is 17.5 Å². The van der Waals surface area contributed by atoms with E-state index in [0.717, 1.165) is 19.1 Å². The van der Waals surface area contributed by atoms with E-state index in [0.29, 0.717) is 6.42 Å². The van der Waals surface area contributed by atoms with Gasteiger partial charge in [-0.15, -0.1) is 0 Å². The summed E-state index contributed by atoms with van der Waals surface area (Å²) < 4.78 is 27.0. The Kier molecular flexibility index (Phi) is 2.80. The number of benzene rings is 1. The maximum absolute atomic E-state index is 11.0. The molecule has 1 aliphatic rings. The van der Waals surface area contributed by atoms with Gasteiger partial charge in [0.2, 0.25) is 0 Å². The molecule has 0 N–H and O–H groups in total. The third-order valence-electron chi connectivity index (χ3n) is 2.61. The van der Waals surface area contributed by atoms with Crippen molar-refractivity contribution in [1.29, 1.82) is 0 Å². The molecular weight excluding hydrogens is 212 g/mol. The summed E-state index contributed by atoms with van der Waals surface area (Å²) in [5.41, 5.74) is 2.52. The molecule has 0 aliphatic heterocycles. The zero-order valence-electron chi connectivity index (χ0n) is 8.64. The predicted molar refractivity (Wildman–Crippen MR) is 58.2 cm³/mol. The number of hydrogen-bond donors (Lipinski definition) is 0. The fourth-order valence-electron chi connectivity index (χ4n) is 1.99. The highest BCUT2D eigenvalue weighted by molar-refractivity contribution is 7.86. The first-order valence-electron chi connectivity index (χ1n) is 4.99. The lowest BCUT2D eigenvalue weighted by Crippen LogP contribution is -2.25. The molecule has 82 valence electrons. The maximum Gasteiger partial charge on any atom is 0.264 e. The molecule has 0 fully saturated rings. The highest BCUT2D eigenvalue weighted by atomic mass is 32.2. The van der Waals surface area contributed by atoms with E-state index in [4.69, 9.17) is 4.18 Å². The smallest absolute Gasteiger partial charge is 0.264 e. The van der Waals surface area contributed by atoms with Crippen molar-refractivity contribution < 1.29 is 12.6 Å². The van der Waals surface area contributed by atoms with Gasteiger partial charge in [-0.25, -0.2) is 0 Å². The van der Waals surface area contributed by atoms with Gasteiger partial charge in [-0.2, -0.15) is 8.42 Å². The van der Waals surface area contributed by atoms with Gasteiger partial charge in [0.05, 0.1) is 12.4 Å². The van der Waals surface area contributed by atoms with Crippen LogP contribution < -0.4 is 0 Å². The van der Waals surface area contributed by atoms with Gasteiger partial charge in [-0.05, 0) is 24.0 Å². The minimum absolute atomic E-state index is 0.185. The van der Waals surface area contributed by atoms with Crippen molar-refractivity contribution in [2.75, 3.05) is 6.26 Å². The molecule has 0 amide bonds. The molecule has 0 bridgehead atoms. The second-order valence-corrected chi connectivity index (χ2v) is 5.53. The molecule has 1 aliphatic carbocycles. The molecule has 0 spiro atoms. The van der Waals surface area contributed by atoms with Crippen molar-refractivity contribution in [3.05, 3.63) is 35.4 Å². The number of rotatable bonds is 2. The fourth-order valence-corrected chi connectivity index (χ4v) is 2.65. The molecule has 4 heteroatoms. The van der Waals surface area contributed by atoms with E-state index in [1.54, 1.807) is 0 Å². The number of aryl methyl sites for hydroxylation is 1. The molecule has 1 aromatic rings. The monoisotopic (exact) mass is 226 g/mol. The Morgan fingerprint density at radius 1 is 1.27 bits per heavy atom. The molecule has 0 aromatic heterocycles. The Morgan fingerprint density at radius 2 is 1.93 bits per heavy atom. The van der Waals surface area contributed by atoms with E-state index in [1.165, 1.54) is 11.1 Å². The lowest BCUT2D eigenvalue weighted by atomic mass is 9.90. The quantitative estimate of drug-likeness (QED) is 0.718. The van der Waals surface area contributed by atoms with Gasteiger partial charge in [0.15, 0.2) is 0 Å². The Bertz CT molecular complexity index is 451. The standard InChI is InChI=1S/C11H14O3S/c1-15(12,13)14-11-7-6-9-4-2-3-5-10(9)8-11/h2-5,11H,6-8H2,1H3/t11-/m0/s1. The highest BCUT2D eigenvalue weighted by Crippen LogP contribution is 2.23. The topological polar surface area (TPSA) is 43.4 Å². The molecule has 15 heavy (non-hydrogen) atoms. The summed E-state index contributed by atoms with van der Waals surface area (Å²) in [6.07, 6.45) is 3.30. The summed E-state index contributed by atoms with van der Waals surface area (Å²) in [5.74, 6) is 0. The Balaban J connectivity index is 2.12. The third-order valence-corrected chi connectivity index (χ3v) is 3.23. The maximum atomic E-state index is 11.0. The normalized spacial score (nSPS) is 21.0. The van der Waals surface area contributed by atoms with E-state index in [9.17, 15) is 8.42 Å². The second-order valence-electron chi connectivity index (χ2n) is 3.93. The van der Waals surface area contributed by atoms with E-state index in [-0.39, 0.29) is 6.10 Å². The first-order chi connectivity index (χ1) is 7.04. The van der Waals surface area contributed by atoms with E-state index < -0.39 is 10.1 Å². The summed E-state index contributed by atoms with van der Waals surface area (Å²) in [7, 11) is -3.33. The average molecular weight is 226 g/mol. The molecule has 1 aromatic carbocycles. The zero-order valence-corrected chi connectivity index (χ0v) is 9.46. The zero-order chi connectivity index (χ0) is 10.9. The SMILES string of the molecule is CS(=O)(=O)O[C@H]1CCc2ccccc2C1. The van der Waals surface area contributed by atoms with Crippen molar-refractivity contribution in [2.24, 2.45) is 0 Å². The first kappa shape index (κ1) is 10.6. The molecule has 3 nitrogen and oxygen atoms in total. The minimum atomic E-state index is -3.33. The predicted octanol–water partition coefficient (Wildman–Crippen LogP) is 1.52. The van der Waals surface area contributed by atoms with Crippen LogP contribution in [0.3, 0.4) is 0 Å². The lowest BCUT2D eigenvalue weighted by molar-refractivity contribution is 0.194. The molecule has 1 atom stereocenters. The van der Waals surface area contributed by atoms with Crippen LogP contribution >= 0.6 is 0 Å². The van der Waals surface area contributed by atoms with E-state index >= 15 is 0 Å². The van der Waals surface area contributed by atoms with Gasteiger partial charge < -0.3 is 0 Å². The number of fused-ring (bicyclic) bond motifs is 1. The van der Waals surface area contributed by atoms with E-state index in [2.05, 4.69) is 6.07 Å². The lowest BCUT2D eigenvalue weighted by Gasteiger charge is -2.23. The van der Waals surface area contributed by atoms with Crippen molar-refractivity contribution in [1.82, 2.24) is 0 Å². The molecule has 0 saturated carbocycles. The Labute approximate surface area is 90.2 Å². The molecular formula is C11H14O3S. The van der Waals surface area contributed by atoms with Crippen LogP contribution in [0.15, 0.2) is 24.3 Å². The van der Waals surface area contributed by atoms with Gasteiger partial charge in [-0.3, -0.25) is 4.18 Å². The fraction of sp³-hybridized carbons (Fsp3) is 0.455. The van der Waals surface area contributed by atoms with Crippen molar-refractivity contribution in [3.8, 4) is 0 Å². The van der Waals surface area contributed by atoms with Crippen LogP contribution in [-0.2, 0) is 27.1 Å². The molecule has 0 unspecified atom stereocenters. The van der Waals surface area contributed by atoms with Crippen LogP contribution in [0.4, 0.5) is 0 Å². The summed E-state index contributed by atoms with van der Waals surface area (Å²) >= 11 is 0. The molecule has 0 heterocycles. The third kappa shape index (κ3) is 2.79. The van der Waals surface area contributed by atoms with Gasteiger partial charge in [0.25, 0.3) is 10.1 Å². The first-order valence-corrected chi connectivity index (χ1v) is 6.81. The largest absolute Gasteiger partial charge is 0.267 e. The highest BCUT2D eigenvalue weighted by Gasteiger charge is 2.21. The summed E-state index contributed by atoms with van der Waals surface area (Å²) in [6, 6.07) is 8.11. The second kappa shape index (κ2) is 3.94. The Morgan fingerprint density at radius 3 is 2.60 bits per heavy atom. The summed E-state index contributed by atoms with van der Waals surface area (Å²) in [6.45, 7) is 0. The van der Waals surface area contributed by atoms with Gasteiger partial charge in [-0.1, -0.05) is 24.3 Å².